The first kappa shape index (κ1) is 16.0. The Kier molecular flexibility index (Phi) is 5.49. The van der Waals surface area contributed by atoms with E-state index in [1.54, 1.807) is 25.3 Å². The molecule has 2 rings (SSSR count). The Morgan fingerprint density at radius 1 is 1.36 bits per heavy atom. The molecule has 1 amide bonds. The van der Waals surface area contributed by atoms with Gasteiger partial charge in [0.2, 0.25) is 11.8 Å². The zero-order chi connectivity index (χ0) is 15.9. The summed E-state index contributed by atoms with van der Waals surface area (Å²) in [5.41, 5.74) is 7.42. The molecule has 1 heterocycles. The molecule has 0 aliphatic carbocycles. The number of hydrogen-bond donors (Lipinski definition) is 2. The number of nitrogens with one attached hydrogen (secondary N) is 1. The summed E-state index contributed by atoms with van der Waals surface area (Å²) in [5, 5.41) is 2.75. The van der Waals surface area contributed by atoms with E-state index >= 15 is 0 Å². The average Bonchev–Trinajstić information content (AvgIpc) is 2.48. The Morgan fingerprint density at radius 2 is 2.18 bits per heavy atom. The van der Waals surface area contributed by atoms with Crippen molar-refractivity contribution in [2.45, 2.75) is 32.7 Å². The molecule has 0 aliphatic rings. The summed E-state index contributed by atoms with van der Waals surface area (Å²) >= 11 is 0. The predicted molar refractivity (Wildman–Crippen MR) is 87.0 cm³/mol. The maximum atomic E-state index is 11.6. The van der Waals surface area contributed by atoms with Gasteiger partial charge < -0.3 is 15.8 Å². The molecule has 5 nitrogen and oxygen atoms in total. The van der Waals surface area contributed by atoms with Gasteiger partial charge >= 0.3 is 0 Å². The van der Waals surface area contributed by atoms with Crippen LogP contribution >= 0.6 is 0 Å². The minimum Gasteiger partial charge on any atom is -0.439 e. The molecule has 0 fully saturated rings. The van der Waals surface area contributed by atoms with Gasteiger partial charge in [-0.05, 0) is 37.1 Å². The van der Waals surface area contributed by atoms with Crippen LogP contribution in [0.3, 0.4) is 0 Å². The standard InChI is InChI=1S/C17H21N3O2/c1-3-13-5-4-6-15(10-13)22-17-8-7-14(11-19-17)20-16(21)9-12(2)18/h4-8,10-12H,3,9,18H2,1-2H3,(H,20,21). The number of carbonyl (C=O) groups is 1. The quantitative estimate of drug-likeness (QED) is 0.859. The Balaban J connectivity index is 1.98. The fraction of sp³-hybridized carbons (Fsp3) is 0.294. The topological polar surface area (TPSA) is 77.2 Å². The molecule has 0 spiro atoms. The molecule has 1 aromatic carbocycles. The maximum Gasteiger partial charge on any atom is 0.225 e. The van der Waals surface area contributed by atoms with Crippen LogP contribution in [0.15, 0.2) is 42.6 Å². The van der Waals surface area contributed by atoms with Gasteiger partial charge in [0.25, 0.3) is 0 Å². The molecule has 0 aliphatic heterocycles. The summed E-state index contributed by atoms with van der Waals surface area (Å²) in [6.45, 7) is 3.89. The van der Waals surface area contributed by atoms with Crippen LogP contribution in [0.1, 0.15) is 25.8 Å². The van der Waals surface area contributed by atoms with Crippen LogP contribution in [0.25, 0.3) is 0 Å². The van der Waals surface area contributed by atoms with E-state index in [2.05, 4.69) is 23.3 Å². The van der Waals surface area contributed by atoms with Crippen molar-refractivity contribution in [1.82, 2.24) is 4.98 Å². The molecule has 1 atom stereocenters. The van der Waals surface area contributed by atoms with Gasteiger partial charge in [0, 0.05) is 18.5 Å². The Hall–Kier alpha value is -2.40. The predicted octanol–water partition coefficient (Wildman–Crippen LogP) is 3.11. The lowest BCUT2D eigenvalue weighted by Gasteiger charge is -2.09. The van der Waals surface area contributed by atoms with Crippen LogP contribution in [-0.4, -0.2) is 16.9 Å². The SMILES string of the molecule is CCc1cccc(Oc2ccc(NC(=O)CC(C)N)cn2)c1. The highest BCUT2D eigenvalue weighted by Gasteiger charge is 2.06. The van der Waals surface area contributed by atoms with Gasteiger partial charge in [-0.2, -0.15) is 0 Å². The molecule has 0 saturated heterocycles. The number of nitrogens with zero attached hydrogens (tertiary/aromatic N) is 1. The molecule has 2 aromatic rings. The minimum atomic E-state index is -0.165. The van der Waals surface area contributed by atoms with E-state index in [1.165, 1.54) is 5.56 Å². The fourth-order valence-electron chi connectivity index (χ4n) is 1.97. The fourth-order valence-corrected chi connectivity index (χ4v) is 1.97. The first-order valence-electron chi connectivity index (χ1n) is 7.35. The molecule has 0 saturated carbocycles. The Bertz CT molecular complexity index is 624. The number of hydrogen-bond acceptors (Lipinski definition) is 4. The molecule has 1 unspecified atom stereocenters. The van der Waals surface area contributed by atoms with Gasteiger partial charge in [-0.3, -0.25) is 4.79 Å². The van der Waals surface area contributed by atoms with E-state index in [0.717, 1.165) is 12.2 Å². The van der Waals surface area contributed by atoms with E-state index in [1.807, 2.05) is 18.2 Å². The van der Waals surface area contributed by atoms with E-state index in [-0.39, 0.29) is 18.4 Å². The lowest BCUT2D eigenvalue weighted by atomic mass is 10.2. The zero-order valence-corrected chi connectivity index (χ0v) is 12.9. The average molecular weight is 299 g/mol. The number of amides is 1. The van der Waals surface area contributed by atoms with Crippen LogP contribution in [0.5, 0.6) is 11.6 Å². The van der Waals surface area contributed by atoms with Gasteiger partial charge in [-0.15, -0.1) is 0 Å². The minimum absolute atomic E-state index is 0.124. The van der Waals surface area contributed by atoms with Gasteiger partial charge in [0.05, 0.1) is 11.9 Å². The third kappa shape index (κ3) is 4.86. The van der Waals surface area contributed by atoms with Crippen LogP contribution in [0, 0.1) is 0 Å². The van der Waals surface area contributed by atoms with Gasteiger partial charge in [0.1, 0.15) is 5.75 Å². The zero-order valence-electron chi connectivity index (χ0n) is 12.9. The number of nitrogens with two attached hydrogens (primary N) is 1. The summed E-state index contributed by atoms with van der Waals surface area (Å²) < 4.78 is 5.70. The van der Waals surface area contributed by atoms with Crippen molar-refractivity contribution in [3.63, 3.8) is 0 Å². The number of aromatic nitrogens is 1. The highest BCUT2D eigenvalue weighted by Crippen LogP contribution is 2.21. The van der Waals surface area contributed by atoms with E-state index in [4.69, 9.17) is 10.5 Å². The second-order valence-corrected chi connectivity index (χ2v) is 5.22. The molecule has 116 valence electrons. The Labute approximate surface area is 130 Å². The molecule has 5 heteroatoms. The van der Waals surface area contributed by atoms with Crippen LogP contribution in [0.4, 0.5) is 5.69 Å². The molecule has 22 heavy (non-hydrogen) atoms. The summed E-state index contributed by atoms with van der Waals surface area (Å²) in [7, 11) is 0. The van der Waals surface area contributed by atoms with Crippen LogP contribution < -0.4 is 15.8 Å². The number of ether oxygens (including phenoxy) is 1. The van der Waals surface area contributed by atoms with E-state index in [9.17, 15) is 4.79 Å². The van der Waals surface area contributed by atoms with Crippen molar-refractivity contribution < 1.29 is 9.53 Å². The number of pyridine rings is 1. The van der Waals surface area contributed by atoms with Crippen LogP contribution in [-0.2, 0) is 11.2 Å². The van der Waals surface area contributed by atoms with Crippen molar-refractivity contribution in [3.8, 4) is 11.6 Å². The normalized spacial score (nSPS) is 11.8. The summed E-state index contributed by atoms with van der Waals surface area (Å²) in [6, 6.07) is 11.2. The van der Waals surface area contributed by atoms with Gasteiger partial charge in [-0.25, -0.2) is 4.98 Å². The lowest BCUT2D eigenvalue weighted by Crippen LogP contribution is -2.23. The lowest BCUT2D eigenvalue weighted by molar-refractivity contribution is -0.116. The third-order valence-electron chi connectivity index (χ3n) is 3.06. The second-order valence-electron chi connectivity index (χ2n) is 5.22. The van der Waals surface area contributed by atoms with Gasteiger partial charge in [0.15, 0.2) is 0 Å². The number of anilines is 1. The first-order chi connectivity index (χ1) is 10.6. The van der Waals surface area contributed by atoms with Gasteiger partial charge in [-0.1, -0.05) is 19.1 Å². The summed E-state index contributed by atoms with van der Waals surface area (Å²) in [4.78, 5) is 15.8. The molecule has 1 aromatic heterocycles. The van der Waals surface area contributed by atoms with Crippen molar-refractivity contribution in [3.05, 3.63) is 48.2 Å². The summed E-state index contributed by atoms with van der Waals surface area (Å²) in [5.74, 6) is 1.11. The number of carbonyl (C=O) groups excluding carboxylic acids is 1. The smallest absolute Gasteiger partial charge is 0.225 e. The third-order valence-corrected chi connectivity index (χ3v) is 3.06. The van der Waals surface area contributed by atoms with Crippen molar-refractivity contribution in [2.24, 2.45) is 5.73 Å². The molecule has 0 bridgehead atoms. The number of benzene rings is 1. The second kappa shape index (κ2) is 7.56. The first-order valence-corrected chi connectivity index (χ1v) is 7.35. The van der Waals surface area contributed by atoms with Crippen molar-refractivity contribution >= 4 is 11.6 Å². The van der Waals surface area contributed by atoms with E-state index < -0.39 is 0 Å². The van der Waals surface area contributed by atoms with Crippen molar-refractivity contribution in [2.75, 3.05) is 5.32 Å². The summed E-state index contributed by atoms with van der Waals surface area (Å²) in [6.07, 6.45) is 2.80. The Morgan fingerprint density at radius 3 is 2.82 bits per heavy atom. The van der Waals surface area contributed by atoms with E-state index in [0.29, 0.717) is 11.6 Å². The number of aryl methyl sites for hydroxylation is 1. The van der Waals surface area contributed by atoms with Crippen LogP contribution in [0.2, 0.25) is 0 Å². The largest absolute Gasteiger partial charge is 0.439 e. The highest BCUT2D eigenvalue weighted by molar-refractivity contribution is 5.90. The molecular weight excluding hydrogens is 278 g/mol. The molecule has 3 N–H and O–H groups in total. The van der Waals surface area contributed by atoms with Crippen molar-refractivity contribution in [1.29, 1.82) is 0 Å². The maximum absolute atomic E-state index is 11.6. The number of rotatable bonds is 6. The molecular formula is C17H21N3O2. The highest BCUT2D eigenvalue weighted by atomic mass is 16.5. The monoisotopic (exact) mass is 299 g/mol. The molecule has 0 radical (unpaired) electrons.